The second-order valence-corrected chi connectivity index (χ2v) is 3.56. The van der Waals surface area contributed by atoms with E-state index >= 15 is 0 Å². The van der Waals surface area contributed by atoms with Crippen molar-refractivity contribution in [3.63, 3.8) is 0 Å². The minimum atomic E-state index is 0.0624. The summed E-state index contributed by atoms with van der Waals surface area (Å²) in [6.45, 7) is 1.85. The number of nitrogens with zero attached hydrogens (tertiary/aromatic N) is 1. The number of piperidine rings is 1. The van der Waals surface area contributed by atoms with Crippen molar-refractivity contribution in [2.75, 3.05) is 6.54 Å². The van der Waals surface area contributed by atoms with Crippen LogP contribution >= 0.6 is 0 Å². The maximum atomic E-state index is 11.2. The molecule has 13 heavy (non-hydrogen) atoms. The largest absolute Gasteiger partial charge is 0.312 e. The molecule has 4 nitrogen and oxygen atoms in total. The Labute approximate surface area is 76.9 Å². The summed E-state index contributed by atoms with van der Waals surface area (Å²) in [5.41, 5.74) is 0.0624. The normalized spacial score (nSPS) is 23.2. The number of aromatic amines is 1. The van der Waals surface area contributed by atoms with Crippen LogP contribution in [0.3, 0.4) is 0 Å². The molecule has 0 radical (unpaired) electrons. The minimum absolute atomic E-state index is 0.0624. The Morgan fingerprint density at radius 1 is 1.54 bits per heavy atom. The van der Waals surface area contributed by atoms with Crippen LogP contribution in [0.5, 0.6) is 0 Å². The molecule has 1 aromatic rings. The van der Waals surface area contributed by atoms with Crippen molar-refractivity contribution in [3.8, 4) is 0 Å². The molecule has 2 rings (SSSR count). The van der Waals surface area contributed by atoms with E-state index in [0.29, 0.717) is 6.04 Å². The monoisotopic (exact) mass is 181 g/mol. The zero-order valence-corrected chi connectivity index (χ0v) is 7.62. The Morgan fingerprint density at radius 3 is 3.08 bits per heavy atom. The number of hydrogen-bond acceptors (Lipinski definition) is 2. The lowest BCUT2D eigenvalue weighted by atomic mass is 10.1. The summed E-state index contributed by atoms with van der Waals surface area (Å²) in [4.78, 5) is 11.2. The van der Waals surface area contributed by atoms with E-state index in [4.69, 9.17) is 0 Å². The van der Waals surface area contributed by atoms with Crippen LogP contribution in [0.2, 0.25) is 0 Å². The fourth-order valence-corrected chi connectivity index (χ4v) is 1.80. The van der Waals surface area contributed by atoms with Crippen molar-refractivity contribution in [2.45, 2.75) is 31.8 Å². The number of aromatic nitrogens is 2. The van der Waals surface area contributed by atoms with E-state index in [1.807, 2.05) is 0 Å². The zero-order valence-electron chi connectivity index (χ0n) is 7.62. The quantitative estimate of drug-likeness (QED) is 0.690. The van der Waals surface area contributed by atoms with Crippen LogP contribution < -0.4 is 10.9 Å². The first kappa shape index (κ1) is 8.56. The van der Waals surface area contributed by atoms with Crippen molar-refractivity contribution in [1.29, 1.82) is 0 Å². The third-order valence-electron chi connectivity index (χ3n) is 2.54. The first-order valence-corrected chi connectivity index (χ1v) is 4.84. The fourth-order valence-electron chi connectivity index (χ4n) is 1.80. The summed E-state index contributed by atoms with van der Waals surface area (Å²) in [5.74, 6) is 0. The van der Waals surface area contributed by atoms with Gasteiger partial charge < -0.3 is 10.4 Å². The maximum absolute atomic E-state index is 11.2. The molecular weight excluding hydrogens is 166 g/mol. The van der Waals surface area contributed by atoms with Gasteiger partial charge in [0.1, 0.15) is 0 Å². The van der Waals surface area contributed by atoms with Crippen molar-refractivity contribution in [3.05, 3.63) is 22.6 Å². The van der Waals surface area contributed by atoms with Crippen molar-refractivity contribution in [2.24, 2.45) is 0 Å². The maximum Gasteiger partial charge on any atom is 0.266 e. The molecule has 0 amide bonds. The third-order valence-corrected chi connectivity index (χ3v) is 2.54. The standard InChI is InChI=1S/C9H15N3O/c13-9-4-6-11-12(9)7-8-3-1-2-5-10-8/h4,6,8,10-11H,1-3,5,7H2/t8-/m0/s1. The van der Waals surface area contributed by atoms with E-state index in [0.717, 1.165) is 13.1 Å². The molecule has 0 saturated carbocycles. The van der Waals surface area contributed by atoms with Crippen LogP contribution in [-0.2, 0) is 6.54 Å². The molecule has 0 bridgehead atoms. The topological polar surface area (TPSA) is 49.8 Å². The highest BCUT2D eigenvalue weighted by atomic mass is 16.1. The second-order valence-electron chi connectivity index (χ2n) is 3.56. The molecule has 4 heteroatoms. The summed E-state index contributed by atoms with van der Waals surface area (Å²) in [5, 5.41) is 6.32. The molecule has 1 saturated heterocycles. The molecule has 0 aromatic carbocycles. The Hall–Kier alpha value is -1.03. The molecule has 1 aromatic heterocycles. The predicted octanol–water partition coefficient (Wildman–Crippen LogP) is 0.318. The van der Waals surface area contributed by atoms with E-state index in [2.05, 4.69) is 10.4 Å². The van der Waals surface area contributed by atoms with E-state index < -0.39 is 0 Å². The van der Waals surface area contributed by atoms with Crippen molar-refractivity contribution in [1.82, 2.24) is 15.1 Å². The minimum Gasteiger partial charge on any atom is -0.312 e. The Kier molecular flexibility index (Phi) is 2.49. The lowest BCUT2D eigenvalue weighted by Gasteiger charge is -2.23. The molecule has 2 N–H and O–H groups in total. The Balaban J connectivity index is 1.97. The number of nitrogens with one attached hydrogen (secondary N) is 2. The summed E-state index contributed by atoms with van der Waals surface area (Å²) >= 11 is 0. The highest BCUT2D eigenvalue weighted by Gasteiger charge is 2.13. The number of hydrogen-bond donors (Lipinski definition) is 2. The summed E-state index contributed by atoms with van der Waals surface area (Å²) in [6, 6.07) is 2.02. The molecule has 0 aliphatic carbocycles. The van der Waals surface area contributed by atoms with Gasteiger partial charge in [-0.25, -0.2) is 0 Å². The smallest absolute Gasteiger partial charge is 0.266 e. The van der Waals surface area contributed by atoms with Gasteiger partial charge in [-0.1, -0.05) is 6.42 Å². The van der Waals surface area contributed by atoms with Gasteiger partial charge in [-0.3, -0.25) is 9.48 Å². The van der Waals surface area contributed by atoms with Crippen molar-refractivity contribution >= 4 is 0 Å². The molecule has 0 unspecified atom stereocenters. The summed E-state index contributed by atoms with van der Waals surface area (Å²) in [7, 11) is 0. The van der Waals surface area contributed by atoms with Gasteiger partial charge in [0.2, 0.25) is 0 Å². The zero-order chi connectivity index (χ0) is 9.10. The van der Waals surface area contributed by atoms with E-state index in [1.165, 1.54) is 19.3 Å². The molecular formula is C9H15N3O. The molecule has 1 atom stereocenters. The molecule has 1 aliphatic heterocycles. The first-order valence-electron chi connectivity index (χ1n) is 4.84. The first-order chi connectivity index (χ1) is 6.36. The van der Waals surface area contributed by atoms with Crippen LogP contribution in [0, 0.1) is 0 Å². The highest BCUT2D eigenvalue weighted by Crippen LogP contribution is 2.07. The summed E-state index contributed by atoms with van der Waals surface area (Å²) < 4.78 is 1.66. The van der Waals surface area contributed by atoms with Gasteiger partial charge in [0.05, 0.1) is 6.54 Å². The van der Waals surface area contributed by atoms with Gasteiger partial charge in [-0.15, -0.1) is 0 Å². The highest BCUT2D eigenvalue weighted by molar-refractivity contribution is 4.82. The van der Waals surface area contributed by atoms with Gasteiger partial charge in [0, 0.05) is 18.3 Å². The van der Waals surface area contributed by atoms with Crippen LogP contribution in [0.4, 0.5) is 0 Å². The third kappa shape index (κ3) is 2.01. The summed E-state index contributed by atoms with van der Waals surface area (Å²) in [6.07, 6.45) is 5.39. The fraction of sp³-hybridized carbons (Fsp3) is 0.667. The van der Waals surface area contributed by atoms with E-state index in [-0.39, 0.29) is 5.56 Å². The number of rotatable bonds is 2. The molecule has 1 fully saturated rings. The van der Waals surface area contributed by atoms with Crippen LogP contribution in [0.25, 0.3) is 0 Å². The Morgan fingerprint density at radius 2 is 2.46 bits per heavy atom. The average molecular weight is 181 g/mol. The van der Waals surface area contributed by atoms with Crippen LogP contribution in [-0.4, -0.2) is 22.4 Å². The van der Waals surface area contributed by atoms with Gasteiger partial charge in [0.15, 0.2) is 0 Å². The van der Waals surface area contributed by atoms with Gasteiger partial charge in [-0.05, 0) is 19.4 Å². The molecule has 72 valence electrons. The Bertz CT molecular complexity index is 309. The van der Waals surface area contributed by atoms with Crippen LogP contribution in [0.1, 0.15) is 19.3 Å². The molecule has 0 spiro atoms. The number of H-pyrrole nitrogens is 1. The van der Waals surface area contributed by atoms with Gasteiger partial charge in [-0.2, -0.15) is 0 Å². The predicted molar refractivity (Wildman–Crippen MR) is 50.7 cm³/mol. The molecule has 1 aliphatic rings. The van der Waals surface area contributed by atoms with E-state index in [1.54, 1.807) is 16.9 Å². The van der Waals surface area contributed by atoms with E-state index in [9.17, 15) is 4.79 Å². The SMILES string of the molecule is O=c1cc[nH]n1C[C@@H]1CCCCN1. The van der Waals surface area contributed by atoms with Crippen molar-refractivity contribution < 1.29 is 0 Å². The van der Waals surface area contributed by atoms with Gasteiger partial charge in [0.25, 0.3) is 5.56 Å². The molecule has 2 heterocycles. The van der Waals surface area contributed by atoms with Crippen LogP contribution in [0.15, 0.2) is 17.1 Å². The average Bonchev–Trinajstić information content (AvgIpc) is 2.54. The second kappa shape index (κ2) is 3.79. The lowest BCUT2D eigenvalue weighted by Crippen LogP contribution is -2.39. The van der Waals surface area contributed by atoms with Gasteiger partial charge >= 0.3 is 0 Å². The lowest BCUT2D eigenvalue weighted by molar-refractivity contribution is 0.348.